The first-order valence-corrected chi connectivity index (χ1v) is 8.31. The van der Waals surface area contributed by atoms with Crippen LogP contribution >= 0.6 is 0 Å². The Morgan fingerprint density at radius 3 is 2.12 bits per heavy atom. The molecule has 1 N–H and O–H groups in total. The first kappa shape index (κ1) is 17.7. The second-order valence-corrected chi connectivity index (χ2v) is 6.36. The lowest BCUT2D eigenvalue weighted by atomic mass is 10.2. The Labute approximate surface area is 149 Å². The maximum Gasteiger partial charge on any atom is 0.328 e. The number of imidazole rings is 1. The standard InChI is InChI=1S/C17H21N5O4/c1-11(23)21-6-8-22(9-7-21)16(25)15(24)18-12-4-5-13-14(10-12)20(3)17(26)19(13)2/h4-5,10H,6-9H2,1-3H3,(H,18,24). The minimum atomic E-state index is -0.735. The van der Waals surface area contributed by atoms with Gasteiger partial charge >= 0.3 is 17.5 Å². The van der Waals surface area contributed by atoms with Crippen molar-refractivity contribution in [2.75, 3.05) is 31.5 Å². The van der Waals surface area contributed by atoms with Gasteiger partial charge in [0.05, 0.1) is 11.0 Å². The van der Waals surface area contributed by atoms with Gasteiger partial charge in [0.25, 0.3) is 0 Å². The van der Waals surface area contributed by atoms with Crippen molar-refractivity contribution in [3.63, 3.8) is 0 Å². The number of hydrogen-bond acceptors (Lipinski definition) is 4. The Balaban J connectivity index is 1.71. The summed E-state index contributed by atoms with van der Waals surface area (Å²) in [7, 11) is 3.32. The van der Waals surface area contributed by atoms with E-state index in [9.17, 15) is 19.2 Å². The number of amides is 3. The third-order valence-corrected chi connectivity index (χ3v) is 4.74. The van der Waals surface area contributed by atoms with Crippen LogP contribution < -0.4 is 11.0 Å². The predicted octanol–water partition coefficient (Wildman–Crippen LogP) is -0.494. The molecule has 1 aliphatic heterocycles. The monoisotopic (exact) mass is 359 g/mol. The molecule has 2 aromatic rings. The highest BCUT2D eigenvalue weighted by Crippen LogP contribution is 2.17. The van der Waals surface area contributed by atoms with Gasteiger partial charge in [-0.15, -0.1) is 0 Å². The molecule has 9 nitrogen and oxygen atoms in total. The summed E-state index contributed by atoms with van der Waals surface area (Å²) in [6, 6.07) is 5.04. The molecule has 3 rings (SSSR count). The highest BCUT2D eigenvalue weighted by molar-refractivity contribution is 6.39. The molecular formula is C17H21N5O4. The zero-order valence-corrected chi connectivity index (χ0v) is 15.0. The number of hydrogen-bond donors (Lipinski definition) is 1. The SMILES string of the molecule is CC(=O)N1CCN(C(=O)C(=O)Nc2ccc3c(c2)n(C)c(=O)n3C)CC1. The Hall–Kier alpha value is -3.10. The lowest BCUT2D eigenvalue weighted by molar-refractivity contribution is -0.145. The lowest BCUT2D eigenvalue weighted by Gasteiger charge is -2.33. The number of benzene rings is 1. The van der Waals surface area contributed by atoms with E-state index in [1.807, 2.05) is 0 Å². The second kappa shape index (κ2) is 6.66. The van der Waals surface area contributed by atoms with Gasteiger partial charge in [0.2, 0.25) is 5.91 Å². The smallest absolute Gasteiger partial charge is 0.328 e. The van der Waals surface area contributed by atoms with Gasteiger partial charge in [-0.2, -0.15) is 0 Å². The van der Waals surface area contributed by atoms with E-state index >= 15 is 0 Å². The number of carbonyl (C=O) groups is 3. The van der Waals surface area contributed by atoms with Crippen molar-refractivity contribution in [3.05, 3.63) is 28.7 Å². The summed E-state index contributed by atoms with van der Waals surface area (Å²) in [5.74, 6) is -1.40. The van der Waals surface area contributed by atoms with E-state index < -0.39 is 11.8 Å². The molecule has 0 saturated carbocycles. The largest absolute Gasteiger partial charge is 0.339 e. The van der Waals surface area contributed by atoms with Crippen LogP contribution in [0.5, 0.6) is 0 Å². The molecule has 2 heterocycles. The van der Waals surface area contributed by atoms with Crippen molar-refractivity contribution in [3.8, 4) is 0 Å². The second-order valence-electron chi connectivity index (χ2n) is 6.36. The Morgan fingerprint density at radius 1 is 0.923 bits per heavy atom. The van der Waals surface area contributed by atoms with Crippen LogP contribution in [0, 0.1) is 0 Å². The van der Waals surface area contributed by atoms with Crippen molar-refractivity contribution in [1.82, 2.24) is 18.9 Å². The van der Waals surface area contributed by atoms with Crippen LogP contribution in [0.1, 0.15) is 6.92 Å². The number of carbonyl (C=O) groups excluding carboxylic acids is 3. The van der Waals surface area contributed by atoms with Gasteiger partial charge in [-0.05, 0) is 18.2 Å². The Kier molecular flexibility index (Phi) is 4.54. The number of anilines is 1. The molecule has 1 aromatic heterocycles. The summed E-state index contributed by atoms with van der Waals surface area (Å²) in [6.07, 6.45) is 0. The summed E-state index contributed by atoms with van der Waals surface area (Å²) in [4.78, 5) is 51.0. The number of piperazine rings is 1. The van der Waals surface area contributed by atoms with Gasteiger partial charge in [0.15, 0.2) is 0 Å². The number of aryl methyl sites for hydroxylation is 2. The average molecular weight is 359 g/mol. The van der Waals surface area contributed by atoms with E-state index in [0.717, 1.165) is 5.52 Å². The minimum absolute atomic E-state index is 0.0386. The van der Waals surface area contributed by atoms with Crippen molar-refractivity contribution in [2.24, 2.45) is 14.1 Å². The molecule has 3 amide bonds. The maximum atomic E-state index is 12.3. The van der Waals surface area contributed by atoms with Crippen LogP contribution in [0.15, 0.2) is 23.0 Å². The summed E-state index contributed by atoms with van der Waals surface area (Å²) < 4.78 is 2.99. The van der Waals surface area contributed by atoms with E-state index in [0.29, 0.717) is 37.4 Å². The molecule has 1 saturated heterocycles. The van der Waals surface area contributed by atoms with Crippen molar-refractivity contribution < 1.29 is 14.4 Å². The van der Waals surface area contributed by atoms with E-state index in [1.165, 1.54) is 21.0 Å². The third-order valence-electron chi connectivity index (χ3n) is 4.74. The Bertz CT molecular complexity index is 950. The molecule has 0 unspecified atom stereocenters. The highest BCUT2D eigenvalue weighted by atomic mass is 16.2. The molecule has 0 aliphatic carbocycles. The normalized spacial score (nSPS) is 14.6. The van der Waals surface area contributed by atoms with Crippen molar-refractivity contribution >= 4 is 34.4 Å². The van der Waals surface area contributed by atoms with Crippen LogP contribution in [-0.4, -0.2) is 62.8 Å². The van der Waals surface area contributed by atoms with Crippen LogP contribution in [-0.2, 0) is 28.5 Å². The van der Waals surface area contributed by atoms with Crippen LogP contribution in [0.25, 0.3) is 11.0 Å². The summed E-state index contributed by atoms with van der Waals surface area (Å²) in [5.41, 5.74) is 1.68. The molecule has 0 spiro atoms. The van der Waals surface area contributed by atoms with E-state index in [-0.39, 0.29) is 11.6 Å². The van der Waals surface area contributed by atoms with Gasteiger partial charge in [-0.25, -0.2) is 4.79 Å². The zero-order chi connectivity index (χ0) is 19.0. The molecule has 1 aliphatic rings. The predicted molar refractivity (Wildman–Crippen MR) is 95.6 cm³/mol. The summed E-state index contributed by atoms with van der Waals surface area (Å²) in [5, 5.41) is 2.59. The van der Waals surface area contributed by atoms with Gasteiger partial charge < -0.3 is 15.1 Å². The lowest BCUT2D eigenvalue weighted by Crippen LogP contribution is -2.52. The fraction of sp³-hybridized carbons (Fsp3) is 0.412. The molecule has 0 bridgehead atoms. The fourth-order valence-electron chi connectivity index (χ4n) is 3.14. The number of rotatable bonds is 1. The number of aromatic nitrogens is 2. The van der Waals surface area contributed by atoms with Crippen molar-refractivity contribution in [2.45, 2.75) is 6.92 Å². The van der Waals surface area contributed by atoms with E-state index in [2.05, 4.69) is 5.32 Å². The first-order valence-electron chi connectivity index (χ1n) is 8.31. The first-order chi connectivity index (χ1) is 12.3. The Morgan fingerprint density at radius 2 is 1.50 bits per heavy atom. The average Bonchev–Trinajstić information content (AvgIpc) is 2.85. The molecule has 0 radical (unpaired) electrons. The molecule has 26 heavy (non-hydrogen) atoms. The van der Waals surface area contributed by atoms with Gasteiger partial charge in [-0.3, -0.25) is 23.5 Å². The summed E-state index contributed by atoms with van der Waals surface area (Å²) in [6.45, 7) is 2.99. The molecule has 9 heteroatoms. The summed E-state index contributed by atoms with van der Waals surface area (Å²) >= 11 is 0. The van der Waals surface area contributed by atoms with Crippen LogP contribution in [0.3, 0.4) is 0 Å². The molecule has 138 valence electrons. The van der Waals surface area contributed by atoms with Crippen molar-refractivity contribution in [1.29, 1.82) is 0 Å². The van der Waals surface area contributed by atoms with E-state index in [1.54, 1.807) is 37.2 Å². The molecular weight excluding hydrogens is 338 g/mol. The number of nitrogens with one attached hydrogen (secondary N) is 1. The quantitative estimate of drug-likeness (QED) is 0.695. The number of fused-ring (bicyclic) bond motifs is 1. The van der Waals surface area contributed by atoms with Gasteiger partial charge in [-0.1, -0.05) is 0 Å². The van der Waals surface area contributed by atoms with Gasteiger partial charge in [0.1, 0.15) is 0 Å². The fourth-order valence-corrected chi connectivity index (χ4v) is 3.14. The topological polar surface area (TPSA) is 96.7 Å². The van der Waals surface area contributed by atoms with Gasteiger partial charge in [0, 0.05) is 52.9 Å². The molecule has 0 atom stereocenters. The third kappa shape index (κ3) is 3.07. The minimum Gasteiger partial charge on any atom is -0.339 e. The zero-order valence-electron chi connectivity index (χ0n) is 15.0. The molecule has 1 fully saturated rings. The molecule has 1 aromatic carbocycles. The van der Waals surface area contributed by atoms with E-state index in [4.69, 9.17) is 0 Å². The van der Waals surface area contributed by atoms with Crippen LogP contribution in [0.2, 0.25) is 0 Å². The maximum absolute atomic E-state index is 12.3. The van der Waals surface area contributed by atoms with Crippen LogP contribution in [0.4, 0.5) is 5.69 Å². The highest BCUT2D eigenvalue weighted by Gasteiger charge is 2.27. The number of nitrogens with zero attached hydrogens (tertiary/aromatic N) is 4.